The van der Waals surface area contributed by atoms with Crippen molar-refractivity contribution in [3.05, 3.63) is 48.0 Å². The summed E-state index contributed by atoms with van der Waals surface area (Å²) >= 11 is 0. The SMILES string of the molecule is CNC(CN1CCOCC1C)c1ccc2ccccc2c1. The molecule has 1 aliphatic heterocycles. The summed E-state index contributed by atoms with van der Waals surface area (Å²) in [6.07, 6.45) is 0. The molecule has 112 valence electrons. The molecule has 3 heteroatoms. The van der Waals surface area contributed by atoms with Gasteiger partial charge in [0.2, 0.25) is 0 Å². The van der Waals surface area contributed by atoms with E-state index in [4.69, 9.17) is 4.74 Å². The van der Waals surface area contributed by atoms with E-state index in [9.17, 15) is 0 Å². The van der Waals surface area contributed by atoms with Gasteiger partial charge in [-0.15, -0.1) is 0 Å². The first-order valence-electron chi connectivity index (χ1n) is 7.75. The van der Waals surface area contributed by atoms with Crippen LogP contribution in [0.1, 0.15) is 18.5 Å². The molecular weight excluding hydrogens is 260 g/mol. The minimum Gasteiger partial charge on any atom is -0.379 e. The summed E-state index contributed by atoms with van der Waals surface area (Å²) in [7, 11) is 2.05. The van der Waals surface area contributed by atoms with Crippen LogP contribution in [0.25, 0.3) is 10.8 Å². The molecule has 2 unspecified atom stereocenters. The third-order valence-electron chi connectivity index (χ3n) is 4.45. The van der Waals surface area contributed by atoms with Crippen LogP contribution in [0.15, 0.2) is 42.5 Å². The fraction of sp³-hybridized carbons (Fsp3) is 0.444. The van der Waals surface area contributed by atoms with Crippen molar-refractivity contribution in [2.75, 3.05) is 33.4 Å². The summed E-state index contributed by atoms with van der Waals surface area (Å²) in [4.78, 5) is 2.51. The number of rotatable bonds is 4. The summed E-state index contributed by atoms with van der Waals surface area (Å²) in [6.45, 7) is 5.98. The normalized spacial score (nSPS) is 21.5. The average Bonchev–Trinajstić information content (AvgIpc) is 2.54. The van der Waals surface area contributed by atoms with Crippen LogP contribution in [0.2, 0.25) is 0 Å². The maximum atomic E-state index is 5.53. The van der Waals surface area contributed by atoms with Crippen molar-refractivity contribution in [3.8, 4) is 0 Å². The highest BCUT2D eigenvalue weighted by molar-refractivity contribution is 5.83. The van der Waals surface area contributed by atoms with Crippen LogP contribution in [0, 0.1) is 0 Å². The lowest BCUT2D eigenvalue weighted by molar-refractivity contribution is -0.00415. The zero-order valence-electron chi connectivity index (χ0n) is 12.9. The highest BCUT2D eigenvalue weighted by Gasteiger charge is 2.22. The highest BCUT2D eigenvalue weighted by atomic mass is 16.5. The molecule has 1 fully saturated rings. The van der Waals surface area contributed by atoms with Gasteiger partial charge in [-0.3, -0.25) is 4.90 Å². The van der Waals surface area contributed by atoms with Crippen LogP contribution in [-0.4, -0.2) is 44.3 Å². The molecule has 0 amide bonds. The van der Waals surface area contributed by atoms with Crippen molar-refractivity contribution in [3.63, 3.8) is 0 Å². The monoisotopic (exact) mass is 284 g/mol. The number of nitrogens with one attached hydrogen (secondary N) is 1. The quantitative estimate of drug-likeness (QED) is 0.934. The third-order valence-corrected chi connectivity index (χ3v) is 4.45. The van der Waals surface area contributed by atoms with Gasteiger partial charge in [0.25, 0.3) is 0 Å². The zero-order chi connectivity index (χ0) is 14.7. The fourth-order valence-electron chi connectivity index (χ4n) is 3.06. The van der Waals surface area contributed by atoms with Crippen LogP contribution in [0.3, 0.4) is 0 Å². The summed E-state index contributed by atoms with van der Waals surface area (Å²) in [5.74, 6) is 0. The Balaban J connectivity index is 1.80. The molecule has 1 heterocycles. The summed E-state index contributed by atoms with van der Waals surface area (Å²) in [5.41, 5.74) is 1.36. The lowest BCUT2D eigenvalue weighted by Gasteiger charge is -2.35. The topological polar surface area (TPSA) is 24.5 Å². The van der Waals surface area contributed by atoms with Gasteiger partial charge in [0.15, 0.2) is 0 Å². The van der Waals surface area contributed by atoms with Gasteiger partial charge in [0.05, 0.1) is 13.2 Å². The number of morpholine rings is 1. The molecule has 3 rings (SSSR count). The zero-order valence-corrected chi connectivity index (χ0v) is 12.9. The third kappa shape index (κ3) is 3.26. The molecule has 0 bridgehead atoms. The van der Waals surface area contributed by atoms with Gasteiger partial charge in [-0.2, -0.15) is 0 Å². The number of benzene rings is 2. The van der Waals surface area contributed by atoms with E-state index in [-0.39, 0.29) is 0 Å². The molecule has 0 radical (unpaired) electrons. The van der Waals surface area contributed by atoms with Crippen molar-refractivity contribution in [2.24, 2.45) is 0 Å². The standard InChI is InChI=1S/C18H24N2O/c1-14-13-21-10-9-20(14)12-18(19-2)17-8-7-15-5-3-4-6-16(15)11-17/h3-8,11,14,18-19H,9-10,12-13H2,1-2H3. The van der Waals surface area contributed by atoms with E-state index in [2.05, 4.69) is 59.6 Å². The van der Waals surface area contributed by atoms with E-state index in [0.717, 1.165) is 26.3 Å². The predicted molar refractivity (Wildman–Crippen MR) is 87.6 cm³/mol. The Morgan fingerprint density at radius 3 is 2.81 bits per heavy atom. The van der Waals surface area contributed by atoms with E-state index in [1.54, 1.807) is 0 Å². The second-order valence-corrected chi connectivity index (χ2v) is 5.87. The maximum absolute atomic E-state index is 5.53. The van der Waals surface area contributed by atoms with E-state index in [0.29, 0.717) is 12.1 Å². The smallest absolute Gasteiger partial charge is 0.0619 e. The molecule has 0 saturated carbocycles. The Morgan fingerprint density at radius 1 is 1.24 bits per heavy atom. The van der Waals surface area contributed by atoms with Crippen molar-refractivity contribution >= 4 is 10.8 Å². The van der Waals surface area contributed by atoms with Crippen LogP contribution in [-0.2, 0) is 4.74 Å². The first kappa shape index (κ1) is 14.5. The van der Waals surface area contributed by atoms with Crippen molar-refractivity contribution in [2.45, 2.75) is 19.0 Å². The predicted octanol–water partition coefficient (Wildman–Crippen LogP) is 2.82. The Labute approximate surface area is 126 Å². The van der Waals surface area contributed by atoms with Gasteiger partial charge >= 0.3 is 0 Å². The molecule has 1 saturated heterocycles. The lowest BCUT2D eigenvalue weighted by Crippen LogP contribution is -2.46. The van der Waals surface area contributed by atoms with Crippen molar-refractivity contribution in [1.29, 1.82) is 0 Å². The average molecular weight is 284 g/mol. The van der Waals surface area contributed by atoms with E-state index < -0.39 is 0 Å². The Morgan fingerprint density at radius 2 is 2.05 bits per heavy atom. The molecule has 1 aliphatic rings. The summed E-state index contributed by atoms with van der Waals surface area (Å²) in [6, 6.07) is 16.2. The molecule has 0 aliphatic carbocycles. The lowest BCUT2D eigenvalue weighted by atomic mass is 10.0. The number of hydrogen-bond acceptors (Lipinski definition) is 3. The van der Waals surface area contributed by atoms with Gasteiger partial charge in [0.1, 0.15) is 0 Å². The molecule has 0 spiro atoms. The molecule has 2 aromatic rings. The van der Waals surface area contributed by atoms with Crippen molar-refractivity contribution in [1.82, 2.24) is 10.2 Å². The number of hydrogen-bond donors (Lipinski definition) is 1. The number of fused-ring (bicyclic) bond motifs is 1. The Hall–Kier alpha value is -1.42. The second-order valence-electron chi connectivity index (χ2n) is 5.87. The van der Waals surface area contributed by atoms with E-state index in [1.165, 1.54) is 16.3 Å². The summed E-state index contributed by atoms with van der Waals surface area (Å²) in [5, 5.41) is 6.08. The molecule has 0 aromatic heterocycles. The van der Waals surface area contributed by atoms with E-state index in [1.807, 2.05) is 7.05 Å². The van der Waals surface area contributed by atoms with Crippen molar-refractivity contribution < 1.29 is 4.74 Å². The van der Waals surface area contributed by atoms with Crippen LogP contribution >= 0.6 is 0 Å². The van der Waals surface area contributed by atoms with Gasteiger partial charge in [-0.25, -0.2) is 0 Å². The fourth-order valence-corrected chi connectivity index (χ4v) is 3.06. The van der Waals surface area contributed by atoms with Crippen LogP contribution in [0.5, 0.6) is 0 Å². The van der Waals surface area contributed by atoms with Gasteiger partial charge in [-0.1, -0.05) is 36.4 Å². The minimum atomic E-state index is 0.357. The molecule has 2 aromatic carbocycles. The van der Waals surface area contributed by atoms with Gasteiger partial charge in [-0.05, 0) is 36.4 Å². The number of nitrogens with zero attached hydrogens (tertiary/aromatic N) is 1. The minimum absolute atomic E-state index is 0.357. The van der Waals surface area contributed by atoms with E-state index >= 15 is 0 Å². The maximum Gasteiger partial charge on any atom is 0.0619 e. The molecule has 2 atom stereocenters. The molecule has 1 N–H and O–H groups in total. The number of ether oxygens (including phenoxy) is 1. The second kappa shape index (κ2) is 6.56. The molecular formula is C18H24N2O. The summed E-state index contributed by atoms with van der Waals surface area (Å²) < 4.78 is 5.53. The molecule has 21 heavy (non-hydrogen) atoms. The highest BCUT2D eigenvalue weighted by Crippen LogP contribution is 2.22. The largest absolute Gasteiger partial charge is 0.379 e. The van der Waals surface area contributed by atoms with Gasteiger partial charge in [0, 0.05) is 25.2 Å². The Bertz CT molecular complexity index is 599. The first-order valence-corrected chi connectivity index (χ1v) is 7.75. The van der Waals surface area contributed by atoms with Crippen LogP contribution in [0.4, 0.5) is 0 Å². The van der Waals surface area contributed by atoms with Gasteiger partial charge < -0.3 is 10.1 Å². The Kier molecular flexibility index (Phi) is 4.54. The first-order chi connectivity index (χ1) is 10.3. The number of likely N-dealkylation sites (N-methyl/N-ethyl adjacent to an activating group) is 1. The van der Waals surface area contributed by atoms with Crippen LogP contribution < -0.4 is 5.32 Å². The molecule has 3 nitrogen and oxygen atoms in total.